The van der Waals surface area contributed by atoms with Gasteiger partial charge in [0.15, 0.2) is 0 Å². The third-order valence-electron chi connectivity index (χ3n) is 2.68. The molecule has 2 aromatic heterocycles. The van der Waals surface area contributed by atoms with Gasteiger partial charge in [0.25, 0.3) is 0 Å². The predicted octanol–water partition coefficient (Wildman–Crippen LogP) is 3.16. The SMILES string of the molecule is Clc1c(CNc2cn[nH]c2)[nH]c2ccccc12. The summed E-state index contributed by atoms with van der Waals surface area (Å²) in [5.41, 5.74) is 2.98. The summed E-state index contributed by atoms with van der Waals surface area (Å²) in [5.74, 6) is 0. The first-order chi connectivity index (χ1) is 8.34. The minimum absolute atomic E-state index is 0.646. The number of fused-ring (bicyclic) bond motifs is 1. The van der Waals surface area contributed by atoms with Crippen molar-refractivity contribution in [1.82, 2.24) is 15.2 Å². The summed E-state index contributed by atoms with van der Waals surface area (Å²) in [6, 6.07) is 8.00. The largest absolute Gasteiger partial charge is 0.377 e. The van der Waals surface area contributed by atoms with E-state index in [0.29, 0.717) is 6.54 Å². The Bertz CT molecular complexity index is 627. The molecule has 0 aliphatic rings. The molecule has 0 saturated heterocycles. The van der Waals surface area contributed by atoms with E-state index in [1.165, 1.54) is 0 Å². The smallest absolute Gasteiger partial charge is 0.0726 e. The van der Waals surface area contributed by atoms with E-state index in [-0.39, 0.29) is 0 Å². The highest BCUT2D eigenvalue weighted by atomic mass is 35.5. The molecule has 5 heteroatoms. The number of hydrogen-bond donors (Lipinski definition) is 3. The van der Waals surface area contributed by atoms with Crippen LogP contribution in [-0.4, -0.2) is 15.2 Å². The zero-order valence-corrected chi connectivity index (χ0v) is 9.75. The van der Waals surface area contributed by atoms with Gasteiger partial charge in [-0.3, -0.25) is 5.10 Å². The molecule has 0 bridgehead atoms. The molecule has 3 N–H and O–H groups in total. The Kier molecular flexibility index (Phi) is 2.49. The van der Waals surface area contributed by atoms with Gasteiger partial charge in [0, 0.05) is 17.1 Å². The first kappa shape index (κ1) is 10.2. The zero-order chi connectivity index (χ0) is 11.7. The summed E-state index contributed by atoms with van der Waals surface area (Å²) in [4.78, 5) is 3.30. The van der Waals surface area contributed by atoms with Gasteiger partial charge in [-0.15, -0.1) is 0 Å². The molecule has 4 nitrogen and oxygen atoms in total. The van der Waals surface area contributed by atoms with E-state index in [1.807, 2.05) is 24.3 Å². The van der Waals surface area contributed by atoms with Crippen molar-refractivity contribution in [3.8, 4) is 0 Å². The van der Waals surface area contributed by atoms with Crippen LogP contribution in [0, 0.1) is 0 Å². The second kappa shape index (κ2) is 4.14. The monoisotopic (exact) mass is 246 g/mol. The summed E-state index contributed by atoms with van der Waals surface area (Å²) in [5, 5.41) is 11.7. The van der Waals surface area contributed by atoms with E-state index in [1.54, 1.807) is 12.4 Å². The second-order valence-corrected chi connectivity index (χ2v) is 4.18. The molecule has 0 aliphatic carbocycles. The van der Waals surface area contributed by atoms with Gasteiger partial charge in [0.2, 0.25) is 0 Å². The molecular formula is C12H11ClN4. The van der Waals surface area contributed by atoms with E-state index in [2.05, 4.69) is 20.5 Å². The molecule has 3 aromatic rings. The molecule has 0 saturated carbocycles. The molecular weight excluding hydrogens is 236 g/mol. The Morgan fingerprint density at radius 2 is 2.18 bits per heavy atom. The van der Waals surface area contributed by atoms with Crippen LogP contribution in [-0.2, 0) is 6.54 Å². The summed E-state index contributed by atoms with van der Waals surface area (Å²) >= 11 is 6.30. The molecule has 0 amide bonds. The Labute approximate surface area is 103 Å². The fourth-order valence-electron chi connectivity index (χ4n) is 1.82. The van der Waals surface area contributed by atoms with Crippen LogP contribution in [0.3, 0.4) is 0 Å². The van der Waals surface area contributed by atoms with Gasteiger partial charge < -0.3 is 10.3 Å². The molecule has 1 aromatic carbocycles. The maximum Gasteiger partial charge on any atom is 0.0726 e. The molecule has 0 radical (unpaired) electrons. The van der Waals surface area contributed by atoms with E-state index in [4.69, 9.17) is 11.6 Å². The summed E-state index contributed by atoms with van der Waals surface area (Å²) in [7, 11) is 0. The normalized spacial score (nSPS) is 10.9. The Morgan fingerprint density at radius 3 is 2.94 bits per heavy atom. The van der Waals surface area contributed by atoms with Crippen LogP contribution in [0.25, 0.3) is 10.9 Å². The summed E-state index contributed by atoms with van der Waals surface area (Å²) in [6.07, 6.45) is 3.53. The quantitative estimate of drug-likeness (QED) is 0.665. The molecule has 17 heavy (non-hydrogen) atoms. The first-order valence-corrected chi connectivity index (χ1v) is 5.70. The third kappa shape index (κ3) is 1.87. The molecule has 0 fully saturated rings. The Morgan fingerprint density at radius 1 is 1.29 bits per heavy atom. The predicted molar refractivity (Wildman–Crippen MR) is 69.2 cm³/mol. The number of hydrogen-bond acceptors (Lipinski definition) is 2. The lowest BCUT2D eigenvalue weighted by Gasteiger charge is -2.01. The van der Waals surface area contributed by atoms with Gasteiger partial charge in [-0.2, -0.15) is 5.10 Å². The summed E-state index contributed by atoms with van der Waals surface area (Å²) < 4.78 is 0. The molecule has 2 heterocycles. The maximum atomic E-state index is 6.30. The van der Waals surface area contributed by atoms with E-state index < -0.39 is 0 Å². The average molecular weight is 247 g/mol. The van der Waals surface area contributed by atoms with Gasteiger partial charge >= 0.3 is 0 Å². The van der Waals surface area contributed by atoms with Crippen molar-refractivity contribution in [2.24, 2.45) is 0 Å². The van der Waals surface area contributed by atoms with Crippen molar-refractivity contribution in [3.63, 3.8) is 0 Å². The lowest BCUT2D eigenvalue weighted by molar-refractivity contribution is 1.09. The maximum absolute atomic E-state index is 6.30. The van der Waals surface area contributed by atoms with E-state index >= 15 is 0 Å². The lowest BCUT2D eigenvalue weighted by Crippen LogP contribution is -1.98. The highest BCUT2D eigenvalue weighted by Gasteiger charge is 2.08. The average Bonchev–Trinajstić information content (AvgIpc) is 2.96. The number of para-hydroxylation sites is 1. The van der Waals surface area contributed by atoms with Crippen molar-refractivity contribution in [1.29, 1.82) is 0 Å². The zero-order valence-electron chi connectivity index (χ0n) is 9.00. The molecule has 0 unspecified atom stereocenters. The highest BCUT2D eigenvalue weighted by molar-refractivity contribution is 6.36. The number of anilines is 1. The van der Waals surface area contributed by atoms with Crippen molar-refractivity contribution in [2.75, 3.05) is 5.32 Å². The molecule has 0 spiro atoms. The van der Waals surface area contributed by atoms with Crippen LogP contribution in [0.1, 0.15) is 5.69 Å². The van der Waals surface area contributed by atoms with Crippen molar-refractivity contribution >= 4 is 28.2 Å². The number of aromatic nitrogens is 3. The Balaban J connectivity index is 1.88. The van der Waals surface area contributed by atoms with Crippen molar-refractivity contribution in [3.05, 3.63) is 47.4 Å². The molecule has 0 aliphatic heterocycles. The first-order valence-electron chi connectivity index (χ1n) is 5.32. The summed E-state index contributed by atoms with van der Waals surface area (Å²) in [6.45, 7) is 0.646. The molecule has 0 atom stereocenters. The third-order valence-corrected chi connectivity index (χ3v) is 3.11. The highest BCUT2D eigenvalue weighted by Crippen LogP contribution is 2.27. The fraction of sp³-hybridized carbons (Fsp3) is 0.0833. The topological polar surface area (TPSA) is 56.5 Å². The van der Waals surface area contributed by atoms with Gasteiger partial charge in [-0.25, -0.2) is 0 Å². The van der Waals surface area contributed by atoms with Gasteiger partial charge in [-0.05, 0) is 6.07 Å². The van der Waals surface area contributed by atoms with Gasteiger partial charge in [-0.1, -0.05) is 29.8 Å². The van der Waals surface area contributed by atoms with Crippen LogP contribution >= 0.6 is 11.6 Å². The number of H-pyrrole nitrogens is 2. The number of nitrogens with one attached hydrogen (secondary N) is 3. The van der Waals surface area contributed by atoms with Gasteiger partial charge in [0.05, 0.1) is 29.1 Å². The standard InChI is InChI=1S/C12H11ClN4/c13-12-9-3-1-2-4-10(9)17-11(12)7-14-8-5-15-16-6-8/h1-6,14,17H,7H2,(H,15,16). The van der Waals surface area contributed by atoms with Crippen molar-refractivity contribution < 1.29 is 0 Å². The minimum atomic E-state index is 0.646. The second-order valence-electron chi connectivity index (χ2n) is 3.80. The number of halogens is 1. The van der Waals surface area contributed by atoms with E-state index in [0.717, 1.165) is 27.3 Å². The van der Waals surface area contributed by atoms with Crippen LogP contribution in [0.2, 0.25) is 5.02 Å². The molecule has 3 rings (SSSR count). The van der Waals surface area contributed by atoms with Crippen LogP contribution in [0.5, 0.6) is 0 Å². The number of benzene rings is 1. The van der Waals surface area contributed by atoms with Gasteiger partial charge in [0.1, 0.15) is 0 Å². The number of nitrogens with zero attached hydrogens (tertiary/aromatic N) is 1. The fourth-order valence-corrected chi connectivity index (χ4v) is 2.10. The number of rotatable bonds is 3. The Hall–Kier alpha value is -1.94. The van der Waals surface area contributed by atoms with Crippen LogP contribution in [0.15, 0.2) is 36.7 Å². The number of aromatic amines is 2. The van der Waals surface area contributed by atoms with Crippen molar-refractivity contribution in [2.45, 2.75) is 6.54 Å². The lowest BCUT2D eigenvalue weighted by atomic mass is 10.2. The van der Waals surface area contributed by atoms with E-state index in [9.17, 15) is 0 Å². The van der Waals surface area contributed by atoms with Crippen LogP contribution < -0.4 is 5.32 Å². The minimum Gasteiger partial charge on any atom is -0.377 e. The molecule has 86 valence electrons. The van der Waals surface area contributed by atoms with Crippen LogP contribution in [0.4, 0.5) is 5.69 Å².